The molecule has 0 saturated carbocycles. The summed E-state index contributed by atoms with van der Waals surface area (Å²) >= 11 is 0. The van der Waals surface area contributed by atoms with Gasteiger partial charge in [-0.15, -0.1) is 0 Å². The zero-order valence-electron chi connectivity index (χ0n) is 11.8. The van der Waals surface area contributed by atoms with Crippen LogP contribution in [0, 0.1) is 0 Å². The van der Waals surface area contributed by atoms with E-state index in [-0.39, 0.29) is 0 Å². The van der Waals surface area contributed by atoms with Gasteiger partial charge in [-0.25, -0.2) is 0 Å². The van der Waals surface area contributed by atoms with E-state index in [1.807, 2.05) is 20.8 Å². The number of rotatable bonds is 10. The minimum absolute atomic E-state index is 0.578. The van der Waals surface area contributed by atoms with Crippen LogP contribution in [-0.2, 0) is 13.3 Å². The van der Waals surface area contributed by atoms with Crippen LogP contribution in [0.2, 0.25) is 6.04 Å². The molecule has 17 heavy (non-hydrogen) atoms. The Labute approximate surface area is 106 Å². The van der Waals surface area contributed by atoms with Crippen molar-refractivity contribution in [3.8, 4) is 0 Å². The highest BCUT2D eigenvalue weighted by Crippen LogP contribution is 2.21. The highest BCUT2D eigenvalue weighted by molar-refractivity contribution is 6.60. The van der Waals surface area contributed by atoms with E-state index in [0.717, 1.165) is 19.0 Å². The standard InChI is InChI=1S/C11H28N2O3Si/c1-6-10-17(14-8-3,15-9-4)16-11(5,12)13-7-2/h13H,6-10,12H2,1-5H3. The van der Waals surface area contributed by atoms with Gasteiger partial charge in [0, 0.05) is 19.3 Å². The van der Waals surface area contributed by atoms with Crippen molar-refractivity contribution in [1.29, 1.82) is 0 Å². The van der Waals surface area contributed by atoms with Crippen LogP contribution in [0.3, 0.4) is 0 Å². The van der Waals surface area contributed by atoms with Gasteiger partial charge in [-0.1, -0.05) is 20.3 Å². The maximum Gasteiger partial charge on any atom is 0.503 e. The Kier molecular flexibility index (Phi) is 8.19. The second-order valence-electron chi connectivity index (χ2n) is 4.04. The Hall–Kier alpha value is 0.0169. The third-order valence-electron chi connectivity index (χ3n) is 2.18. The van der Waals surface area contributed by atoms with Gasteiger partial charge in [0.25, 0.3) is 0 Å². The molecule has 0 rings (SSSR count). The van der Waals surface area contributed by atoms with Gasteiger partial charge in [-0.05, 0) is 27.3 Å². The van der Waals surface area contributed by atoms with E-state index in [4.69, 9.17) is 19.0 Å². The van der Waals surface area contributed by atoms with E-state index in [9.17, 15) is 0 Å². The fourth-order valence-corrected chi connectivity index (χ4v) is 4.55. The summed E-state index contributed by atoms with van der Waals surface area (Å²) in [5.74, 6) is -0.902. The first-order valence-corrected chi connectivity index (χ1v) is 8.40. The first-order valence-electron chi connectivity index (χ1n) is 6.47. The van der Waals surface area contributed by atoms with E-state index in [0.29, 0.717) is 13.2 Å². The lowest BCUT2D eigenvalue weighted by Gasteiger charge is -2.37. The maximum absolute atomic E-state index is 6.05. The average molecular weight is 264 g/mol. The van der Waals surface area contributed by atoms with Crippen LogP contribution in [0.15, 0.2) is 0 Å². The predicted molar refractivity (Wildman–Crippen MR) is 71.5 cm³/mol. The Morgan fingerprint density at radius 2 is 1.65 bits per heavy atom. The van der Waals surface area contributed by atoms with Gasteiger partial charge in [0.05, 0.1) is 0 Å². The summed E-state index contributed by atoms with van der Waals surface area (Å²) in [5.41, 5.74) is 6.05. The monoisotopic (exact) mass is 264 g/mol. The van der Waals surface area contributed by atoms with Gasteiger partial charge in [-0.2, -0.15) is 0 Å². The molecule has 0 aromatic heterocycles. The first kappa shape index (κ1) is 17.0. The highest BCUT2D eigenvalue weighted by Gasteiger charge is 2.44. The van der Waals surface area contributed by atoms with Crippen LogP contribution in [0.5, 0.6) is 0 Å². The molecule has 1 unspecified atom stereocenters. The molecule has 0 fully saturated rings. The fourth-order valence-electron chi connectivity index (χ4n) is 1.75. The Morgan fingerprint density at radius 3 is 2.00 bits per heavy atom. The number of hydrogen-bond donors (Lipinski definition) is 2. The molecule has 0 spiro atoms. The van der Waals surface area contributed by atoms with Gasteiger partial charge >= 0.3 is 8.80 Å². The van der Waals surface area contributed by atoms with Crippen molar-refractivity contribution in [2.45, 2.75) is 52.9 Å². The second-order valence-corrected chi connectivity index (χ2v) is 6.69. The van der Waals surface area contributed by atoms with Gasteiger partial charge in [0.15, 0.2) is 5.85 Å². The Morgan fingerprint density at radius 1 is 1.12 bits per heavy atom. The SMILES string of the molecule is CCC[Si](OCC)(OCC)OC(C)(N)NCC. The van der Waals surface area contributed by atoms with Crippen molar-refractivity contribution in [2.75, 3.05) is 19.8 Å². The topological polar surface area (TPSA) is 65.7 Å². The summed E-state index contributed by atoms with van der Waals surface area (Å²) in [7, 11) is -2.66. The maximum atomic E-state index is 6.05. The first-order chi connectivity index (χ1) is 7.95. The molecule has 0 aliphatic carbocycles. The average Bonchev–Trinajstić information content (AvgIpc) is 2.17. The van der Waals surface area contributed by atoms with Crippen molar-refractivity contribution in [3.05, 3.63) is 0 Å². The molecular weight excluding hydrogens is 236 g/mol. The molecule has 0 aliphatic rings. The zero-order valence-corrected chi connectivity index (χ0v) is 12.8. The van der Waals surface area contributed by atoms with E-state index in [1.54, 1.807) is 6.92 Å². The molecule has 0 bridgehead atoms. The predicted octanol–water partition coefficient (Wildman–Crippen LogP) is 1.67. The number of nitrogens with two attached hydrogens (primary N) is 1. The lowest BCUT2D eigenvalue weighted by Crippen LogP contribution is -2.62. The van der Waals surface area contributed by atoms with Crippen molar-refractivity contribution >= 4 is 8.80 Å². The minimum Gasteiger partial charge on any atom is -0.374 e. The summed E-state index contributed by atoms with van der Waals surface area (Å²) in [4.78, 5) is 0. The third-order valence-corrected chi connectivity index (χ3v) is 5.48. The molecule has 104 valence electrons. The van der Waals surface area contributed by atoms with Gasteiger partial charge in [0.1, 0.15) is 0 Å². The van der Waals surface area contributed by atoms with Crippen molar-refractivity contribution < 1.29 is 13.3 Å². The van der Waals surface area contributed by atoms with E-state index in [2.05, 4.69) is 12.2 Å². The van der Waals surface area contributed by atoms with Crippen LogP contribution in [0.25, 0.3) is 0 Å². The normalized spacial score (nSPS) is 15.9. The molecule has 1 atom stereocenters. The van der Waals surface area contributed by atoms with Crippen molar-refractivity contribution in [3.63, 3.8) is 0 Å². The molecule has 0 aromatic carbocycles. The van der Waals surface area contributed by atoms with Crippen LogP contribution < -0.4 is 11.1 Å². The van der Waals surface area contributed by atoms with Crippen molar-refractivity contribution in [2.24, 2.45) is 5.73 Å². The van der Waals surface area contributed by atoms with Gasteiger partial charge < -0.3 is 13.3 Å². The lowest BCUT2D eigenvalue weighted by molar-refractivity contribution is -0.0350. The summed E-state index contributed by atoms with van der Waals surface area (Å²) in [6.07, 6.45) is 0.953. The van der Waals surface area contributed by atoms with Crippen LogP contribution >= 0.6 is 0 Å². The molecular formula is C11H28N2O3Si. The minimum atomic E-state index is -2.66. The largest absolute Gasteiger partial charge is 0.503 e. The lowest BCUT2D eigenvalue weighted by atomic mass is 10.5. The van der Waals surface area contributed by atoms with Gasteiger partial charge in [-0.3, -0.25) is 11.1 Å². The Bertz CT molecular complexity index is 186. The van der Waals surface area contributed by atoms with E-state index >= 15 is 0 Å². The Balaban J connectivity index is 4.74. The van der Waals surface area contributed by atoms with Crippen LogP contribution in [0.4, 0.5) is 0 Å². The summed E-state index contributed by atoms with van der Waals surface area (Å²) in [5, 5.41) is 3.08. The fraction of sp³-hybridized carbons (Fsp3) is 1.00. The van der Waals surface area contributed by atoms with Crippen LogP contribution in [-0.4, -0.2) is 34.4 Å². The van der Waals surface area contributed by atoms with Gasteiger partial charge in [0.2, 0.25) is 0 Å². The molecule has 6 heteroatoms. The molecule has 5 nitrogen and oxygen atoms in total. The molecule has 0 aromatic rings. The highest BCUT2D eigenvalue weighted by atomic mass is 28.4. The third kappa shape index (κ3) is 6.49. The van der Waals surface area contributed by atoms with Crippen LogP contribution in [0.1, 0.15) is 41.0 Å². The summed E-state index contributed by atoms with van der Waals surface area (Å²) < 4.78 is 17.5. The number of hydrogen-bond acceptors (Lipinski definition) is 5. The van der Waals surface area contributed by atoms with E-state index < -0.39 is 14.7 Å². The molecule has 3 N–H and O–H groups in total. The van der Waals surface area contributed by atoms with E-state index in [1.165, 1.54) is 0 Å². The summed E-state index contributed by atoms with van der Waals surface area (Å²) in [6, 6.07) is 0.785. The zero-order chi connectivity index (χ0) is 13.4. The smallest absolute Gasteiger partial charge is 0.374 e. The second kappa shape index (κ2) is 8.18. The molecule has 0 aliphatic heterocycles. The quantitative estimate of drug-likeness (QED) is 0.464. The number of nitrogens with one attached hydrogen (secondary N) is 1. The molecule has 0 saturated heterocycles. The van der Waals surface area contributed by atoms with Crippen molar-refractivity contribution in [1.82, 2.24) is 5.32 Å². The molecule has 0 radical (unpaired) electrons. The molecule has 0 heterocycles. The molecule has 0 amide bonds. The summed E-state index contributed by atoms with van der Waals surface area (Å²) in [6.45, 7) is 11.7.